The number of nitrogens with two attached hydrogens (primary N) is 2. The average molecular weight is 265 g/mol. The van der Waals surface area contributed by atoms with Gasteiger partial charge < -0.3 is 16.2 Å². The zero-order valence-electron chi connectivity index (χ0n) is 11.5. The van der Waals surface area contributed by atoms with Crippen LogP contribution in [0.3, 0.4) is 0 Å². The molecule has 1 amide bonds. The molecule has 4 N–H and O–H groups in total. The molecule has 106 valence electrons. The summed E-state index contributed by atoms with van der Waals surface area (Å²) in [6.07, 6.45) is 2.14. The number of ether oxygens (including phenoxy) is 1. The van der Waals surface area contributed by atoms with Crippen LogP contribution in [0.1, 0.15) is 19.8 Å². The smallest absolute Gasteiger partial charge is 0.231 e. The van der Waals surface area contributed by atoms with Gasteiger partial charge in [0.25, 0.3) is 0 Å². The van der Waals surface area contributed by atoms with Gasteiger partial charge in [0.05, 0.1) is 6.54 Å². The Morgan fingerprint density at radius 1 is 1.37 bits per heavy atom. The van der Waals surface area contributed by atoms with Gasteiger partial charge >= 0.3 is 0 Å². The molecule has 0 saturated carbocycles. The summed E-state index contributed by atoms with van der Waals surface area (Å²) in [4.78, 5) is 13.0. The van der Waals surface area contributed by atoms with E-state index in [-0.39, 0.29) is 12.5 Å². The Balaban J connectivity index is 2.36. The summed E-state index contributed by atoms with van der Waals surface area (Å²) < 4.78 is 5.61. The van der Waals surface area contributed by atoms with Gasteiger partial charge in [-0.1, -0.05) is 19.4 Å². The van der Waals surface area contributed by atoms with E-state index in [0.29, 0.717) is 18.8 Å². The molecule has 0 aliphatic carbocycles. The number of nitrogen functional groups attached to an aromatic ring is 1. The first-order valence-corrected chi connectivity index (χ1v) is 6.60. The highest BCUT2D eigenvalue weighted by Gasteiger charge is 2.07. The number of unbranched alkanes of at least 4 members (excludes halogenated alkanes) is 1. The first kappa shape index (κ1) is 15.3. The quantitative estimate of drug-likeness (QED) is 0.658. The van der Waals surface area contributed by atoms with Gasteiger partial charge in [-0.2, -0.15) is 0 Å². The molecular weight excluding hydrogens is 242 g/mol. The van der Waals surface area contributed by atoms with E-state index in [1.165, 1.54) is 0 Å². The van der Waals surface area contributed by atoms with Crippen LogP contribution in [0.15, 0.2) is 24.3 Å². The van der Waals surface area contributed by atoms with E-state index in [9.17, 15) is 4.79 Å². The molecule has 0 fully saturated rings. The van der Waals surface area contributed by atoms with Crippen molar-refractivity contribution in [2.24, 2.45) is 5.73 Å². The highest BCUT2D eigenvalue weighted by atomic mass is 16.5. The first-order valence-electron chi connectivity index (χ1n) is 6.60. The van der Waals surface area contributed by atoms with E-state index < -0.39 is 0 Å². The van der Waals surface area contributed by atoms with Crippen molar-refractivity contribution in [3.63, 3.8) is 0 Å². The minimum atomic E-state index is -0.306. The van der Waals surface area contributed by atoms with Gasteiger partial charge in [0, 0.05) is 18.3 Å². The topological polar surface area (TPSA) is 81.6 Å². The molecule has 0 bridgehead atoms. The molecule has 0 radical (unpaired) electrons. The molecule has 1 rings (SSSR count). The minimum absolute atomic E-state index is 0.278. The predicted octanol–water partition coefficient (Wildman–Crippen LogP) is 1.24. The monoisotopic (exact) mass is 265 g/mol. The van der Waals surface area contributed by atoms with Gasteiger partial charge in [0.1, 0.15) is 12.4 Å². The van der Waals surface area contributed by atoms with Crippen LogP contribution in [-0.4, -0.2) is 37.0 Å². The van der Waals surface area contributed by atoms with Crippen LogP contribution in [0.25, 0.3) is 0 Å². The number of amides is 1. The highest BCUT2D eigenvalue weighted by Crippen LogP contribution is 2.14. The second kappa shape index (κ2) is 8.37. The zero-order valence-corrected chi connectivity index (χ0v) is 11.5. The highest BCUT2D eigenvalue weighted by molar-refractivity contribution is 5.75. The number of hydrogen-bond acceptors (Lipinski definition) is 4. The number of carbonyl (C=O) groups excluding carboxylic acids is 1. The predicted molar refractivity (Wildman–Crippen MR) is 76.9 cm³/mol. The lowest BCUT2D eigenvalue weighted by atomic mass is 10.3. The summed E-state index contributed by atoms with van der Waals surface area (Å²) in [5.74, 6) is 0.439. The van der Waals surface area contributed by atoms with Crippen molar-refractivity contribution in [3.8, 4) is 5.75 Å². The molecule has 0 aromatic heterocycles. The molecule has 0 heterocycles. The molecule has 5 heteroatoms. The summed E-state index contributed by atoms with van der Waals surface area (Å²) in [5, 5.41) is 0. The van der Waals surface area contributed by atoms with Crippen molar-refractivity contribution in [3.05, 3.63) is 24.3 Å². The Hall–Kier alpha value is -1.75. The third-order valence-electron chi connectivity index (χ3n) is 2.74. The van der Waals surface area contributed by atoms with E-state index in [0.717, 1.165) is 25.1 Å². The van der Waals surface area contributed by atoms with Crippen molar-refractivity contribution in [1.29, 1.82) is 0 Å². The van der Waals surface area contributed by atoms with Crippen molar-refractivity contribution in [2.45, 2.75) is 19.8 Å². The number of carbonyl (C=O) groups is 1. The van der Waals surface area contributed by atoms with Crippen LogP contribution in [0.2, 0.25) is 0 Å². The standard InChI is InChI=1S/C14H23N3O2/c1-2-3-7-17(11-14(16)18)8-9-19-13-6-4-5-12(15)10-13/h4-6,10H,2-3,7-9,11,15H2,1H3,(H2,16,18). The number of primary amides is 1. The van der Waals surface area contributed by atoms with Gasteiger partial charge in [0.15, 0.2) is 0 Å². The van der Waals surface area contributed by atoms with Gasteiger partial charge in [-0.3, -0.25) is 9.69 Å². The van der Waals surface area contributed by atoms with E-state index in [2.05, 4.69) is 6.92 Å². The Morgan fingerprint density at radius 2 is 2.16 bits per heavy atom. The molecule has 0 atom stereocenters. The second-order valence-corrected chi connectivity index (χ2v) is 4.52. The number of rotatable bonds is 9. The molecule has 0 saturated heterocycles. The summed E-state index contributed by atoms with van der Waals surface area (Å²) in [7, 11) is 0. The molecule has 5 nitrogen and oxygen atoms in total. The number of nitrogens with zero attached hydrogens (tertiary/aromatic N) is 1. The number of hydrogen-bond donors (Lipinski definition) is 2. The van der Waals surface area contributed by atoms with Crippen molar-refractivity contribution >= 4 is 11.6 Å². The van der Waals surface area contributed by atoms with Gasteiger partial charge in [0.2, 0.25) is 5.91 Å². The molecular formula is C14H23N3O2. The average Bonchev–Trinajstić information content (AvgIpc) is 2.35. The van der Waals surface area contributed by atoms with E-state index in [4.69, 9.17) is 16.2 Å². The maximum Gasteiger partial charge on any atom is 0.231 e. The van der Waals surface area contributed by atoms with Crippen LogP contribution in [-0.2, 0) is 4.79 Å². The molecule has 0 aliphatic heterocycles. The minimum Gasteiger partial charge on any atom is -0.492 e. The largest absolute Gasteiger partial charge is 0.492 e. The fraction of sp³-hybridized carbons (Fsp3) is 0.500. The van der Waals surface area contributed by atoms with Crippen molar-refractivity contribution in [2.75, 3.05) is 32.0 Å². The molecule has 1 aromatic carbocycles. The summed E-state index contributed by atoms with van der Waals surface area (Å²) in [6, 6.07) is 7.31. The number of benzene rings is 1. The molecule has 0 spiro atoms. The van der Waals surface area contributed by atoms with Crippen LogP contribution in [0.5, 0.6) is 5.75 Å². The summed E-state index contributed by atoms with van der Waals surface area (Å²) in [5.41, 5.74) is 11.6. The van der Waals surface area contributed by atoms with E-state index in [1.807, 2.05) is 23.1 Å². The Morgan fingerprint density at radius 3 is 2.79 bits per heavy atom. The van der Waals surface area contributed by atoms with E-state index >= 15 is 0 Å². The Bertz CT molecular complexity index is 396. The normalized spacial score (nSPS) is 10.6. The maximum absolute atomic E-state index is 11.0. The zero-order chi connectivity index (χ0) is 14.1. The number of anilines is 1. The molecule has 0 aliphatic rings. The summed E-state index contributed by atoms with van der Waals surface area (Å²) >= 11 is 0. The fourth-order valence-electron chi connectivity index (χ4n) is 1.77. The molecule has 1 aromatic rings. The van der Waals surface area contributed by atoms with Crippen LogP contribution >= 0.6 is 0 Å². The van der Waals surface area contributed by atoms with Crippen LogP contribution in [0, 0.1) is 0 Å². The first-order chi connectivity index (χ1) is 9.11. The van der Waals surface area contributed by atoms with Gasteiger partial charge in [-0.25, -0.2) is 0 Å². The van der Waals surface area contributed by atoms with E-state index in [1.54, 1.807) is 6.07 Å². The third kappa shape index (κ3) is 6.67. The van der Waals surface area contributed by atoms with Crippen LogP contribution in [0.4, 0.5) is 5.69 Å². The van der Waals surface area contributed by atoms with Crippen LogP contribution < -0.4 is 16.2 Å². The maximum atomic E-state index is 11.0. The SMILES string of the molecule is CCCCN(CCOc1cccc(N)c1)CC(N)=O. The second-order valence-electron chi connectivity index (χ2n) is 4.52. The molecule has 0 unspecified atom stereocenters. The van der Waals surface area contributed by atoms with Crippen molar-refractivity contribution < 1.29 is 9.53 Å². The fourth-order valence-corrected chi connectivity index (χ4v) is 1.77. The Labute approximate surface area is 114 Å². The van der Waals surface area contributed by atoms with Crippen molar-refractivity contribution in [1.82, 2.24) is 4.90 Å². The lowest BCUT2D eigenvalue weighted by molar-refractivity contribution is -0.119. The lowest BCUT2D eigenvalue weighted by Crippen LogP contribution is -2.37. The van der Waals surface area contributed by atoms with Gasteiger partial charge in [-0.15, -0.1) is 0 Å². The van der Waals surface area contributed by atoms with Gasteiger partial charge in [-0.05, 0) is 25.1 Å². The third-order valence-corrected chi connectivity index (χ3v) is 2.74. The molecule has 19 heavy (non-hydrogen) atoms. The Kier molecular flexibility index (Phi) is 6.74. The lowest BCUT2D eigenvalue weighted by Gasteiger charge is -2.20. The summed E-state index contributed by atoms with van der Waals surface area (Å²) in [6.45, 7) is 4.45.